The summed E-state index contributed by atoms with van der Waals surface area (Å²) >= 11 is 69.1. The van der Waals surface area contributed by atoms with Crippen LogP contribution in [0.4, 0.5) is 0 Å². The second kappa shape index (κ2) is 53.3. The second-order valence-electron chi connectivity index (χ2n) is 17.6. The Morgan fingerprint density at radius 3 is 0.656 bits per heavy atom. The minimum atomic E-state index is -1.67. The van der Waals surface area contributed by atoms with Gasteiger partial charge in [0.2, 0.25) is 9.23 Å². The summed E-state index contributed by atoms with van der Waals surface area (Å²) in [6.45, 7) is 1.93. The topological polar surface area (TPSA) is 347 Å². The lowest BCUT2D eigenvalue weighted by Crippen LogP contribution is -2.16. The largest absolute Gasteiger partial charge is 0.481 e. The predicted molar refractivity (Wildman–Crippen MR) is 378 cm³/mol. The van der Waals surface area contributed by atoms with Gasteiger partial charge >= 0.3 is 29.8 Å². The van der Waals surface area contributed by atoms with E-state index < -0.39 is 45.4 Å². The third-order valence-electron chi connectivity index (χ3n) is 10.4. The van der Waals surface area contributed by atoms with Gasteiger partial charge in [-0.2, -0.15) is 0 Å². The highest BCUT2D eigenvalue weighted by Crippen LogP contribution is 2.29. The van der Waals surface area contributed by atoms with Gasteiger partial charge in [0.1, 0.15) is 6.29 Å². The summed E-state index contributed by atoms with van der Waals surface area (Å²) in [5.74, 6) is -2.40. The van der Waals surface area contributed by atoms with Gasteiger partial charge in [-0.3, -0.25) is 28.8 Å². The van der Waals surface area contributed by atoms with E-state index in [-0.39, 0.29) is 62.6 Å². The fourth-order valence-corrected chi connectivity index (χ4v) is 9.68. The number of rotatable bonds is 16. The second-order valence-corrected chi connectivity index (χ2v) is 25.3. The zero-order valence-corrected chi connectivity index (χ0v) is 61.4. The standard InChI is InChI=1S/4C10H11Cl2NO2.C9H9Cl2NO2.C7H4Cl2O.C2H6O.CH4O.Cl2OS/c4*1-15-10(14)5-9(13)6-2-7(11)4-8(12)3-6;10-6-1-5(2-7(11)3-6)8(12)4-9(13)14;8-6-1-5(4-10)2-7(9)3-6;1-2-3;1-2;1-4(2)3/h4*2-4,9H,5,13H2,1H3;1-3,8H,4,12H2,(H,13,14);1-4H;3H,2H2,1H3;2H,1H3;/t2*9-;;;;;;;/m10......./s1. The van der Waals surface area contributed by atoms with Gasteiger partial charge in [-0.25, -0.2) is 4.21 Å². The first-order valence-electron chi connectivity index (χ1n) is 25.7. The molecule has 6 aromatic rings. The van der Waals surface area contributed by atoms with Crippen LogP contribution in [0, 0.1) is 0 Å². The number of methoxy groups -OCH3 is 4. The Morgan fingerprint density at radius 2 is 0.527 bits per heavy atom. The lowest BCUT2D eigenvalue weighted by atomic mass is 10.1. The fourth-order valence-electron chi connectivity index (χ4n) is 6.42. The summed E-state index contributed by atoms with van der Waals surface area (Å²) in [5, 5.41) is 29.0. The number of carbonyl (C=O) groups is 6. The van der Waals surface area contributed by atoms with E-state index >= 15 is 0 Å². The number of carboxylic acid groups (broad SMARTS) is 1. The van der Waals surface area contributed by atoms with Gasteiger partial charge < -0.3 is 62.9 Å². The van der Waals surface area contributed by atoms with Crippen molar-refractivity contribution in [1.82, 2.24) is 0 Å². The summed E-state index contributed by atoms with van der Waals surface area (Å²) in [4.78, 5) is 64.6. The molecule has 19 nitrogen and oxygen atoms in total. The molecular formula is C59H67Cl14N5O14S. The molecular weight excluding hydrogens is 1530 g/mol. The lowest BCUT2D eigenvalue weighted by molar-refractivity contribution is -0.141. The molecule has 6 rings (SSSR count). The third kappa shape index (κ3) is 47.0. The van der Waals surface area contributed by atoms with Gasteiger partial charge in [-0.15, -0.1) is 0 Å². The summed E-state index contributed by atoms with van der Waals surface area (Å²) < 4.78 is 27.2. The van der Waals surface area contributed by atoms with Crippen molar-refractivity contribution < 1.29 is 67.2 Å². The van der Waals surface area contributed by atoms with E-state index in [1.165, 1.54) is 28.4 Å². The maximum Gasteiger partial charge on any atom is 0.307 e. The van der Waals surface area contributed by atoms with E-state index in [0.29, 0.717) is 77.7 Å². The average Bonchev–Trinajstić information content (AvgIpc) is 1.09. The van der Waals surface area contributed by atoms with E-state index in [1.54, 1.807) is 116 Å². The molecule has 13 N–H and O–H groups in total. The molecule has 5 atom stereocenters. The summed E-state index contributed by atoms with van der Waals surface area (Å²) in [6, 6.07) is 27.0. The molecule has 3 unspecified atom stereocenters. The van der Waals surface area contributed by atoms with Crippen molar-refractivity contribution in [2.24, 2.45) is 28.7 Å². The highest BCUT2D eigenvalue weighted by atomic mass is 36.0. The zero-order valence-electron chi connectivity index (χ0n) is 50.0. The third-order valence-corrected chi connectivity index (χ3v) is 13.1. The number of carboxylic acids is 1. The Hall–Kier alpha value is -3.73. The van der Waals surface area contributed by atoms with E-state index in [1.807, 2.05) is 0 Å². The molecule has 516 valence electrons. The molecule has 0 bridgehead atoms. The van der Waals surface area contributed by atoms with Crippen LogP contribution in [-0.2, 0) is 52.1 Å². The number of aliphatic carboxylic acids is 1. The molecule has 0 amide bonds. The summed E-state index contributed by atoms with van der Waals surface area (Å²) in [7, 11) is 13.6. The van der Waals surface area contributed by atoms with Gasteiger partial charge in [0.05, 0.1) is 60.5 Å². The Bertz CT molecular complexity index is 2880. The van der Waals surface area contributed by atoms with Gasteiger partial charge in [-0.05, 0) is 144 Å². The number of carbonyl (C=O) groups excluding carboxylic acids is 5. The van der Waals surface area contributed by atoms with Crippen molar-refractivity contribution in [2.75, 3.05) is 42.2 Å². The number of aldehydes is 1. The molecule has 0 spiro atoms. The summed E-state index contributed by atoms with van der Waals surface area (Å²) in [6.07, 6.45) is 0.981. The molecule has 0 aliphatic rings. The average molecular weight is 1600 g/mol. The number of hydrogen-bond acceptors (Lipinski definition) is 18. The first-order chi connectivity index (χ1) is 43.4. The minimum Gasteiger partial charge on any atom is -0.481 e. The highest BCUT2D eigenvalue weighted by molar-refractivity contribution is 8.26. The minimum absolute atomic E-state index is 0.104. The van der Waals surface area contributed by atoms with E-state index in [0.717, 1.165) is 29.4 Å². The van der Waals surface area contributed by atoms with E-state index in [9.17, 15) is 28.8 Å². The molecule has 34 heteroatoms. The van der Waals surface area contributed by atoms with Gasteiger partial charge in [0.25, 0.3) is 0 Å². The van der Waals surface area contributed by atoms with Crippen molar-refractivity contribution in [1.29, 1.82) is 0 Å². The Kier molecular flexibility index (Phi) is 53.6. The number of halogens is 14. The van der Waals surface area contributed by atoms with Gasteiger partial charge in [-0.1, -0.05) is 139 Å². The number of hydrogen-bond donors (Lipinski definition) is 8. The molecule has 0 aliphatic heterocycles. The first kappa shape index (κ1) is 93.5. The number of aliphatic hydroxyl groups is 2. The molecule has 0 saturated carbocycles. The van der Waals surface area contributed by atoms with Gasteiger partial charge in [0, 0.05) is 131 Å². The number of esters is 4. The lowest BCUT2D eigenvalue weighted by Gasteiger charge is -2.11. The van der Waals surface area contributed by atoms with Crippen LogP contribution in [0.15, 0.2) is 109 Å². The van der Waals surface area contributed by atoms with Crippen LogP contribution in [0.25, 0.3) is 0 Å². The molecule has 0 radical (unpaired) electrons. The number of ether oxygens (including phenoxy) is 4. The fraction of sp³-hybridized carbons (Fsp3) is 0.288. The Morgan fingerprint density at radius 1 is 0.387 bits per heavy atom. The molecule has 93 heavy (non-hydrogen) atoms. The van der Waals surface area contributed by atoms with Crippen LogP contribution in [-0.4, -0.2) is 97.8 Å². The molecule has 0 aliphatic carbocycles. The van der Waals surface area contributed by atoms with Crippen molar-refractivity contribution >= 4 is 206 Å². The molecule has 0 aromatic heterocycles. The van der Waals surface area contributed by atoms with Crippen LogP contribution < -0.4 is 28.7 Å². The quantitative estimate of drug-likeness (QED) is 0.0193. The van der Waals surface area contributed by atoms with Crippen LogP contribution in [0.3, 0.4) is 0 Å². The number of nitrogens with two attached hydrogens (primary N) is 5. The maximum absolute atomic E-state index is 11.0. The summed E-state index contributed by atoms with van der Waals surface area (Å²) in [5.41, 5.74) is 32.8. The monoisotopic (exact) mass is 1590 g/mol. The number of benzene rings is 6. The highest BCUT2D eigenvalue weighted by Gasteiger charge is 2.17. The van der Waals surface area contributed by atoms with Crippen molar-refractivity contribution in [2.45, 2.75) is 69.2 Å². The zero-order chi connectivity index (χ0) is 72.2. The van der Waals surface area contributed by atoms with Gasteiger partial charge in [0.15, 0.2) is 0 Å². The Labute approximate surface area is 610 Å². The normalized spacial score (nSPS) is 11.4. The molecule has 0 heterocycles. The van der Waals surface area contributed by atoms with Crippen LogP contribution in [0.5, 0.6) is 0 Å². The number of aliphatic hydroxyl groups excluding tert-OH is 2. The Balaban J connectivity index is -0.00000102. The van der Waals surface area contributed by atoms with Crippen molar-refractivity contribution in [3.05, 3.63) is 203 Å². The first-order valence-corrected chi connectivity index (χ1v) is 33.1. The van der Waals surface area contributed by atoms with E-state index in [4.69, 9.17) is 187 Å². The molecule has 0 saturated heterocycles. The predicted octanol–water partition coefficient (Wildman–Crippen LogP) is 16.1. The van der Waals surface area contributed by atoms with E-state index in [2.05, 4.69) is 40.3 Å². The van der Waals surface area contributed by atoms with Crippen LogP contribution in [0.1, 0.15) is 107 Å². The smallest absolute Gasteiger partial charge is 0.307 e. The van der Waals surface area contributed by atoms with Crippen LogP contribution in [0.2, 0.25) is 60.3 Å². The maximum atomic E-state index is 11.0. The SMILES string of the molecule is CCO.CO.COC(=O)CC(N)c1cc(Cl)cc(Cl)c1.COC(=O)CC(N)c1cc(Cl)cc(Cl)c1.COC(=O)C[C@@H](N)c1cc(Cl)cc(Cl)c1.COC(=O)C[C@H](N)c1cc(Cl)cc(Cl)c1.NC(CC(=O)O)c1cc(Cl)cc(Cl)c1.O=Cc1cc(Cl)cc(Cl)c1.O=S(Cl)Cl. The van der Waals surface area contributed by atoms with Crippen molar-refractivity contribution in [3.63, 3.8) is 0 Å². The van der Waals surface area contributed by atoms with Crippen molar-refractivity contribution in [3.8, 4) is 0 Å². The van der Waals surface area contributed by atoms with Crippen LogP contribution >= 0.6 is 161 Å². The molecule has 0 fully saturated rings. The molecule has 6 aromatic carbocycles.